The summed E-state index contributed by atoms with van der Waals surface area (Å²) >= 11 is 0. The highest BCUT2D eigenvalue weighted by atomic mass is 16.6. The standard InChI is InChI=1S/C20H34O3/c1-12(2)9-18(21)22-17-11-20(6)15-8-7-13(3)14(15)10-16(17)19(4,5)23-20/h12-17H,7-11H2,1-6H3/t13-,14?,15?,16+,17+,20-/m1/s1. The largest absolute Gasteiger partial charge is 0.462 e. The lowest BCUT2D eigenvalue weighted by molar-refractivity contribution is -0.237. The lowest BCUT2D eigenvalue weighted by Crippen LogP contribution is -2.56. The minimum Gasteiger partial charge on any atom is -0.462 e. The molecule has 3 nitrogen and oxygen atoms in total. The molecule has 4 rings (SSSR count). The Hall–Kier alpha value is -0.570. The minimum atomic E-state index is -0.208. The second-order valence-electron chi connectivity index (χ2n) is 9.52. The zero-order valence-electron chi connectivity index (χ0n) is 15.7. The van der Waals surface area contributed by atoms with Crippen molar-refractivity contribution in [1.29, 1.82) is 0 Å². The van der Waals surface area contributed by atoms with Gasteiger partial charge in [0.05, 0.1) is 11.2 Å². The third-order valence-corrected chi connectivity index (χ3v) is 6.79. The van der Waals surface area contributed by atoms with Crippen molar-refractivity contribution in [1.82, 2.24) is 0 Å². The number of esters is 1. The third kappa shape index (κ3) is 3.06. The molecule has 2 saturated carbocycles. The highest BCUT2D eigenvalue weighted by molar-refractivity contribution is 5.69. The first-order valence-electron chi connectivity index (χ1n) is 9.52. The first-order valence-corrected chi connectivity index (χ1v) is 9.52. The van der Waals surface area contributed by atoms with Crippen LogP contribution < -0.4 is 0 Å². The Kier molecular flexibility index (Phi) is 4.32. The van der Waals surface area contributed by atoms with Crippen molar-refractivity contribution >= 4 is 5.97 Å². The average Bonchev–Trinajstić information content (AvgIpc) is 2.64. The highest BCUT2D eigenvalue weighted by Crippen LogP contribution is 2.58. The summed E-state index contributed by atoms with van der Waals surface area (Å²) in [6.07, 6.45) is 5.14. The van der Waals surface area contributed by atoms with E-state index in [4.69, 9.17) is 9.47 Å². The van der Waals surface area contributed by atoms with Crippen LogP contribution in [0.3, 0.4) is 0 Å². The van der Waals surface area contributed by atoms with Gasteiger partial charge in [-0.1, -0.05) is 27.2 Å². The normalized spacial score (nSPS) is 44.9. The van der Waals surface area contributed by atoms with E-state index in [0.717, 1.165) is 24.7 Å². The van der Waals surface area contributed by atoms with Crippen LogP contribution in [-0.2, 0) is 14.3 Å². The maximum Gasteiger partial charge on any atom is 0.306 e. The van der Waals surface area contributed by atoms with Gasteiger partial charge in [0.25, 0.3) is 0 Å². The van der Waals surface area contributed by atoms with Crippen LogP contribution in [0.25, 0.3) is 0 Å². The fourth-order valence-corrected chi connectivity index (χ4v) is 5.76. The SMILES string of the molecule is CC(C)CC(=O)O[C@H]1C[C@@]2(C)OC(C)(C)[C@H]1CC1C2CC[C@H]1C. The predicted molar refractivity (Wildman–Crippen MR) is 91.0 cm³/mol. The van der Waals surface area contributed by atoms with Crippen LogP contribution in [0.2, 0.25) is 0 Å². The molecular formula is C20H34O3. The third-order valence-electron chi connectivity index (χ3n) is 6.79. The van der Waals surface area contributed by atoms with E-state index in [9.17, 15) is 4.79 Å². The fourth-order valence-electron chi connectivity index (χ4n) is 5.76. The van der Waals surface area contributed by atoms with Crippen LogP contribution in [0, 0.1) is 29.6 Å². The second-order valence-corrected chi connectivity index (χ2v) is 9.52. The molecule has 2 saturated heterocycles. The molecule has 0 amide bonds. The highest BCUT2D eigenvalue weighted by Gasteiger charge is 2.60. The van der Waals surface area contributed by atoms with Gasteiger partial charge in [-0.25, -0.2) is 0 Å². The van der Waals surface area contributed by atoms with E-state index in [1.807, 2.05) is 0 Å². The summed E-state index contributed by atoms with van der Waals surface area (Å²) in [6, 6.07) is 0. The van der Waals surface area contributed by atoms with Crippen molar-refractivity contribution in [3.05, 3.63) is 0 Å². The lowest BCUT2D eigenvalue weighted by atomic mass is 9.76. The molecule has 2 unspecified atom stereocenters. The molecule has 6 atom stereocenters. The molecule has 0 aromatic rings. The molecule has 3 heteroatoms. The van der Waals surface area contributed by atoms with Crippen LogP contribution in [0.1, 0.15) is 73.6 Å². The van der Waals surface area contributed by atoms with E-state index in [-0.39, 0.29) is 23.3 Å². The van der Waals surface area contributed by atoms with Gasteiger partial charge < -0.3 is 9.47 Å². The molecule has 23 heavy (non-hydrogen) atoms. The van der Waals surface area contributed by atoms with Crippen molar-refractivity contribution in [3.8, 4) is 0 Å². The minimum absolute atomic E-state index is 0.0211. The summed E-state index contributed by atoms with van der Waals surface area (Å²) in [4.78, 5) is 12.3. The number of hydrogen-bond acceptors (Lipinski definition) is 3. The zero-order chi connectivity index (χ0) is 17.0. The van der Waals surface area contributed by atoms with Crippen molar-refractivity contribution in [2.24, 2.45) is 29.6 Å². The molecule has 0 aromatic carbocycles. The Morgan fingerprint density at radius 1 is 1.22 bits per heavy atom. The smallest absolute Gasteiger partial charge is 0.306 e. The molecule has 132 valence electrons. The Morgan fingerprint density at radius 2 is 1.91 bits per heavy atom. The van der Waals surface area contributed by atoms with Crippen molar-refractivity contribution < 1.29 is 14.3 Å². The van der Waals surface area contributed by atoms with Gasteiger partial charge >= 0.3 is 5.97 Å². The van der Waals surface area contributed by atoms with Crippen LogP contribution >= 0.6 is 0 Å². The number of hydrogen-bond donors (Lipinski definition) is 0. The average molecular weight is 322 g/mol. The van der Waals surface area contributed by atoms with E-state index in [1.165, 1.54) is 12.8 Å². The number of carbonyl (C=O) groups is 1. The summed E-state index contributed by atoms with van der Waals surface area (Å²) in [5, 5.41) is 0. The Balaban J connectivity index is 1.85. The van der Waals surface area contributed by atoms with Crippen LogP contribution in [0.5, 0.6) is 0 Å². The van der Waals surface area contributed by atoms with Crippen molar-refractivity contribution in [2.45, 2.75) is 91.0 Å². The maximum absolute atomic E-state index is 12.3. The first-order chi connectivity index (χ1) is 10.6. The van der Waals surface area contributed by atoms with Gasteiger partial charge in [0.15, 0.2) is 0 Å². The molecule has 2 aliphatic carbocycles. The number of rotatable bonds is 3. The van der Waals surface area contributed by atoms with Gasteiger partial charge in [0, 0.05) is 18.8 Å². The molecule has 4 aliphatic rings. The summed E-state index contributed by atoms with van der Waals surface area (Å²) in [6.45, 7) is 13.2. The predicted octanol–water partition coefficient (Wildman–Crippen LogP) is 4.58. The number of carbonyl (C=O) groups excluding carboxylic acids is 1. The van der Waals surface area contributed by atoms with Gasteiger partial charge in [-0.05, 0) is 57.3 Å². The van der Waals surface area contributed by atoms with E-state index >= 15 is 0 Å². The fraction of sp³-hybridized carbons (Fsp3) is 0.950. The van der Waals surface area contributed by atoms with Gasteiger partial charge in [-0.3, -0.25) is 4.79 Å². The molecule has 2 aliphatic heterocycles. The summed E-state index contributed by atoms with van der Waals surface area (Å²) in [7, 11) is 0. The second kappa shape index (κ2) is 5.75. The van der Waals surface area contributed by atoms with E-state index < -0.39 is 0 Å². The number of fused-ring (bicyclic) bond motifs is 2. The van der Waals surface area contributed by atoms with Gasteiger partial charge in [-0.2, -0.15) is 0 Å². The topological polar surface area (TPSA) is 35.5 Å². The summed E-state index contributed by atoms with van der Waals surface area (Å²) < 4.78 is 12.6. The molecular weight excluding hydrogens is 288 g/mol. The van der Waals surface area contributed by atoms with Gasteiger partial charge in [-0.15, -0.1) is 0 Å². The monoisotopic (exact) mass is 322 g/mol. The Bertz CT molecular complexity index is 470. The Labute approximate surface area is 141 Å². The molecule has 0 aromatic heterocycles. The lowest BCUT2D eigenvalue weighted by Gasteiger charge is -2.50. The summed E-state index contributed by atoms with van der Waals surface area (Å²) in [5.74, 6) is 2.75. The first kappa shape index (κ1) is 17.3. The van der Waals surface area contributed by atoms with Crippen molar-refractivity contribution in [3.63, 3.8) is 0 Å². The maximum atomic E-state index is 12.3. The molecule has 2 bridgehead atoms. The van der Waals surface area contributed by atoms with Gasteiger partial charge in [0.2, 0.25) is 0 Å². The Morgan fingerprint density at radius 3 is 2.57 bits per heavy atom. The summed E-state index contributed by atoms with van der Waals surface area (Å²) in [5.41, 5.74) is -0.353. The van der Waals surface area contributed by atoms with E-state index in [1.54, 1.807) is 0 Å². The van der Waals surface area contributed by atoms with E-state index in [0.29, 0.717) is 24.2 Å². The molecule has 0 N–H and O–H groups in total. The number of ether oxygens (including phenoxy) is 2. The zero-order valence-corrected chi connectivity index (χ0v) is 15.7. The quantitative estimate of drug-likeness (QED) is 0.713. The molecule has 2 heterocycles. The van der Waals surface area contributed by atoms with E-state index in [2.05, 4.69) is 41.5 Å². The molecule has 4 fully saturated rings. The molecule has 0 spiro atoms. The van der Waals surface area contributed by atoms with Crippen molar-refractivity contribution in [2.75, 3.05) is 0 Å². The molecule has 0 radical (unpaired) electrons. The van der Waals surface area contributed by atoms with Crippen LogP contribution in [0.4, 0.5) is 0 Å². The van der Waals surface area contributed by atoms with Crippen LogP contribution in [0.15, 0.2) is 0 Å². The van der Waals surface area contributed by atoms with Crippen LogP contribution in [-0.4, -0.2) is 23.3 Å². The van der Waals surface area contributed by atoms with Gasteiger partial charge in [0.1, 0.15) is 6.10 Å².